The molecule has 340 valence electrons. The number of esters is 3. The number of hydrogen-bond acceptors (Lipinski definition) is 6. The van der Waals surface area contributed by atoms with Crippen LogP contribution in [0.2, 0.25) is 0 Å². The Morgan fingerprint density at radius 3 is 0.879 bits per heavy atom. The molecule has 0 saturated carbocycles. The number of hydrogen-bond donors (Lipinski definition) is 0. The summed E-state index contributed by atoms with van der Waals surface area (Å²) in [5, 5.41) is 0. The van der Waals surface area contributed by atoms with E-state index in [1.54, 1.807) is 0 Å². The van der Waals surface area contributed by atoms with E-state index in [4.69, 9.17) is 14.2 Å². The van der Waals surface area contributed by atoms with Crippen molar-refractivity contribution in [2.75, 3.05) is 13.2 Å². The molecule has 0 saturated heterocycles. The van der Waals surface area contributed by atoms with Crippen molar-refractivity contribution in [3.63, 3.8) is 0 Å². The van der Waals surface area contributed by atoms with Gasteiger partial charge in [0, 0.05) is 19.3 Å². The monoisotopic (exact) mass is 817 g/mol. The Hall–Kier alpha value is -2.11. The third kappa shape index (κ3) is 45.0. The highest BCUT2D eigenvalue weighted by Gasteiger charge is 2.19. The van der Waals surface area contributed by atoms with Crippen molar-refractivity contribution in [1.82, 2.24) is 0 Å². The lowest BCUT2D eigenvalue weighted by Gasteiger charge is -2.18. The number of unbranched alkanes of at least 4 members (excludes halogenated alkanes) is 31. The number of allylic oxidation sites excluding steroid dienone is 4. The lowest BCUT2D eigenvalue weighted by Crippen LogP contribution is -2.30. The van der Waals surface area contributed by atoms with Crippen molar-refractivity contribution in [2.45, 2.75) is 277 Å². The van der Waals surface area contributed by atoms with Crippen molar-refractivity contribution in [2.24, 2.45) is 0 Å². The Morgan fingerprint density at radius 1 is 0.328 bits per heavy atom. The number of ether oxygens (including phenoxy) is 3. The minimum Gasteiger partial charge on any atom is -0.462 e. The topological polar surface area (TPSA) is 78.9 Å². The molecule has 0 N–H and O–H groups in total. The molecule has 0 aliphatic rings. The largest absolute Gasteiger partial charge is 0.462 e. The molecule has 0 fully saturated rings. The van der Waals surface area contributed by atoms with E-state index in [9.17, 15) is 14.4 Å². The SMILES string of the molecule is CCCCCC/C=C\CCCCCCCC(=O)OCC(COC(=O)CCCCCCCCCCCCCCCC)OC(=O)CCCCCCC/C=C\CCCCCC. The summed E-state index contributed by atoms with van der Waals surface area (Å²) in [4.78, 5) is 37.9. The quantitative estimate of drug-likeness (QED) is 0.0263. The van der Waals surface area contributed by atoms with Gasteiger partial charge in [-0.2, -0.15) is 0 Å². The Bertz CT molecular complexity index is 942. The first kappa shape index (κ1) is 55.9. The van der Waals surface area contributed by atoms with Gasteiger partial charge in [-0.3, -0.25) is 14.4 Å². The molecule has 0 spiro atoms. The van der Waals surface area contributed by atoms with E-state index in [1.807, 2.05) is 0 Å². The second-order valence-electron chi connectivity index (χ2n) is 17.1. The maximum Gasteiger partial charge on any atom is 0.306 e. The maximum atomic E-state index is 12.8. The summed E-state index contributed by atoms with van der Waals surface area (Å²) in [6, 6.07) is 0. The zero-order valence-corrected chi connectivity index (χ0v) is 38.8. The van der Waals surface area contributed by atoms with Crippen molar-refractivity contribution in [3.8, 4) is 0 Å². The van der Waals surface area contributed by atoms with Crippen molar-refractivity contribution in [1.29, 1.82) is 0 Å². The molecule has 6 heteroatoms. The second-order valence-corrected chi connectivity index (χ2v) is 17.1. The molecule has 0 aliphatic carbocycles. The van der Waals surface area contributed by atoms with E-state index in [0.29, 0.717) is 19.3 Å². The Balaban J connectivity index is 4.36. The number of carbonyl (C=O) groups excluding carboxylic acids is 3. The minimum absolute atomic E-state index is 0.0736. The fourth-order valence-corrected chi connectivity index (χ4v) is 7.31. The summed E-state index contributed by atoms with van der Waals surface area (Å²) in [5.41, 5.74) is 0. The highest BCUT2D eigenvalue weighted by Crippen LogP contribution is 2.15. The molecular formula is C52H96O6. The van der Waals surface area contributed by atoms with Gasteiger partial charge in [0.1, 0.15) is 13.2 Å². The van der Waals surface area contributed by atoms with Gasteiger partial charge in [0.2, 0.25) is 0 Å². The first-order valence-corrected chi connectivity index (χ1v) is 25.3. The van der Waals surface area contributed by atoms with Gasteiger partial charge >= 0.3 is 17.9 Å². The van der Waals surface area contributed by atoms with Crippen LogP contribution in [0.5, 0.6) is 0 Å². The van der Waals surface area contributed by atoms with Gasteiger partial charge in [-0.05, 0) is 70.6 Å². The van der Waals surface area contributed by atoms with Gasteiger partial charge < -0.3 is 14.2 Å². The van der Waals surface area contributed by atoms with Gasteiger partial charge in [-0.15, -0.1) is 0 Å². The lowest BCUT2D eigenvalue weighted by atomic mass is 10.0. The maximum absolute atomic E-state index is 12.8. The van der Waals surface area contributed by atoms with Gasteiger partial charge in [0.15, 0.2) is 6.10 Å². The summed E-state index contributed by atoms with van der Waals surface area (Å²) >= 11 is 0. The van der Waals surface area contributed by atoms with Crippen molar-refractivity contribution in [3.05, 3.63) is 24.3 Å². The molecule has 0 amide bonds. The molecule has 0 bridgehead atoms. The van der Waals surface area contributed by atoms with Gasteiger partial charge in [0.25, 0.3) is 0 Å². The number of carbonyl (C=O) groups is 3. The van der Waals surface area contributed by atoms with Crippen LogP contribution in [0.4, 0.5) is 0 Å². The van der Waals surface area contributed by atoms with Crippen LogP contribution in [-0.4, -0.2) is 37.2 Å². The highest BCUT2D eigenvalue weighted by atomic mass is 16.6. The standard InChI is InChI=1S/C52H96O6/c1-4-7-10-13-16-19-22-25-28-30-33-36-39-42-45-51(54)57-48-49(58-52(55)46-43-40-37-34-31-27-24-21-18-15-12-9-6-3)47-56-50(53)44-41-38-35-32-29-26-23-20-17-14-11-8-5-2/h20-21,23-24,49H,4-19,22,25-48H2,1-3H3/b23-20-,24-21-. The molecule has 6 nitrogen and oxygen atoms in total. The Labute approximate surface area is 360 Å². The predicted molar refractivity (Wildman–Crippen MR) is 247 cm³/mol. The van der Waals surface area contributed by atoms with Crippen LogP contribution >= 0.6 is 0 Å². The first-order chi connectivity index (χ1) is 28.5. The first-order valence-electron chi connectivity index (χ1n) is 25.3. The zero-order valence-electron chi connectivity index (χ0n) is 38.8. The van der Waals surface area contributed by atoms with Crippen LogP contribution in [-0.2, 0) is 28.6 Å². The summed E-state index contributed by atoms with van der Waals surface area (Å²) < 4.78 is 16.8. The van der Waals surface area contributed by atoms with E-state index < -0.39 is 6.10 Å². The second kappa shape index (κ2) is 47.6. The third-order valence-electron chi connectivity index (χ3n) is 11.2. The Kier molecular flexibility index (Phi) is 45.8. The summed E-state index contributed by atoms with van der Waals surface area (Å²) in [7, 11) is 0. The molecule has 0 aliphatic heterocycles. The molecule has 0 aromatic heterocycles. The summed E-state index contributed by atoms with van der Waals surface area (Å²) in [5.74, 6) is -0.881. The average molecular weight is 817 g/mol. The van der Waals surface area contributed by atoms with E-state index >= 15 is 0 Å². The molecule has 0 heterocycles. The molecule has 58 heavy (non-hydrogen) atoms. The van der Waals surface area contributed by atoms with Crippen LogP contribution in [0.3, 0.4) is 0 Å². The van der Waals surface area contributed by atoms with E-state index in [2.05, 4.69) is 45.1 Å². The predicted octanol–water partition coefficient (Wildman–Crippen LogP) is 16.4. The molecular weight excluding hydrogens is 721 g/mol. The van der Waals surface area contributed by atoms with E-state index in [0.717, 1.165) is 70.6 Å². The third-order valence-corrected chi connectivity index (χ3v) is 11.2. The molecule has 0 rings (SSSR count). The van der Waals surface area contributed by atoms with E-state index in [-0.39, 0.29) is 31.1 Å². The number of rotatable bonds is 46. The molecule has 0 radical (unpaired) electrons. The molecule has 0 aromatic carbocycles. The van der Waals surface area contributed by atoms with Crippen LogP contribution in [0, 0.1) is 0 Å². The fourth-order valence-electron chi connectivity index (χ4n) is 7.31. The highest BCUT2D eigenvalue weighted by molar-refractivity contribution is 5.71. The summed E-state index contributed by atoms with van der Waals surface area (Å²) in [6.45, 7) is 6.61. The van der Waals surface area contributed by atoms with Gasteiger partial charge in [-0.1, -0.05) is 206 Å². The van der Waals surface area contributed by atoms with Crippen LogP contribution in [0.15, 0.2) is 24.3 Å². The zero-order chi connectivity index (χ0) is 42.3. The van der Waals surface area contributed by atoms with Crippen molar-refractivity contribution >= 4 is 17.9 Å². The van der Waals surface area contributed by atoms with E-state index in [1.165, 1.54) is 161 Å². The molecule has 0 aromatic rings. The lowest BCUT2D eigenvalue weighted by molar-refractivity contribution is -0.167. The van der Waals surface area contributed by atoms with Crippen LogP contribution in [0.1, 0.15) is 271 Å². The van der Waals surface area contributed by atoms with Crippen LogP contribution in [0.25, 0.3) is 0 Å². The van der Waals surface area contributed by atoms with Crippen molar-refractivity contribution < 1.29 is 28.6 Å². The smallest absolute Gasteiger partial charge is 0.306 e. The Morgan fingerprint density at radius 2 is 0.569 bits per heavy atom. The minimum atomic E-state index is -0.773. The summed E-state index contributed by atoms with van der Waals surface area (Å²) in [6.07, 6.45) is 53.0. The van der Waals surface area contributed by atoms with Gasteiger partial charge in [-0.25, -0.2) is 0 Å². The average Bonchev–Trinajstić information content (AvgIpc) is 3.22. The van der Waals surface area contributed by atoms with Crippen LogP contribution < -0.4 is 0 Å². The van der Waals surface area contributed by atoms with Gasteiger partial charge in [0.05, 0.1) is 0 Å². The molecule has 1 atom stereocenters. The fraction of sp³-hybridized carbons (Fsp3) is 0.865. The normalized spacial score (nSPS) is 12.1. The molecule has 1 unspecified atom stereocenters.